The van der Waals surface area contributed by atoms with Gasteiger partial charge < -0.3 is 9.47 Å². The van der Waals surface area contributed by atoms with E-state index in [0.29, 0.717) is 10.5 Å². The molecular weight excluding hydrogens is 309 g/mol. The lowest BCUT2D eigenvalue weighted by Crippen LogP contribution is -2.54. The number of halogens is 1. The van der Waals surface area contributed by atoms with E-state index < -0.39 is 0 Å². The van der Waals surface area contributed by atoms with Crippen LogP contribution in [0.5, 0.6) is 0 Å². The van der Waals surface area contributed by atoms with Crippen LogP contribution < -0.4 is 0 Å². The van der Waals surface area contributed by atoms with Gasteiger partial charge in [0.2, 0.25) is 0 Å². The molecule has 0 aromatic heterocycles. The highest BCUT2D eigenvalue weighted by Crippen LogP contribution is 2.29. The molecule has 5 heteroatoms. The molecule has 88 valence electrons. The summed E-state index contributed by atoms with van der Waals surface area (Å²) in [5.41, 5.74) is 0. The van der Waals surface area contributed by atoms with E-state index in [1.807, 2.05) is 13.8 Å². The molecule has 0 spiro atoms. The number of amides is 1. The summed E-state index contributed by atoms with van der Waals surface area (Å²) in [4.78, 5) is 13.5. The fourth-order valence-corrected chi connectivity index (χ4v) is 2.85. The molecule has 3 unspecified atom stereocenters. The Balaban J connectivity index is 2.74. The van der Waals surface area contributed by atoms with Gasteiger partial charge in [-0.15, -0.1) is 0 Å². The zero-order valence-corrected chi connectivity index (χ0v) is 11.6. The highest BCUT2D eigenvalue weighted by atomic mass is 127. The molecule has 0 saturated carbocycles. The quantitative estimate of drug-likeness (QED) is 0.577. The molecule has 1 heterocycles. The predicted octanol–water partition coefficient (Wildman–Crippen LogP) is 2.40. The van der Waals surface area contributed by atoms with Crippen LogP contribution in [0, 0.1) is 0 Å². The maximum absolute atomic E-state index is 11.7. The third kappa shape index (κ3) is 2.96. The average molecular weight is 327 g/mol. The first-order chi connectivity index (χ1) is 7.11. The minimum Gasteiger partial charge on any atom is -0.450 e. The van der Waals surface area contributed by atoms with Crippen molar-refractivity contribution in [3.63, 3.8) is 0 Å². The number of hydrogen-bond acceptors (Lipinski definition) is 3. The van der Waals surface area contributed by atoms with Crippen LogP contribution in [0.1, 0.15) is 26.7 Å². The monoisotopic (exact) mass is 327 g/mol. The first-order valence-electron chi connectivity index (χ1n) is 5.23. The van der Waals surface area contributed by atoms with Gasteiger partial charge in [0, 0.05) is 13.2 Å². The van der Waals surface area contributed by atoms with Gasteiger partial charge in [0.1, 0.15) is 6.23 Å². The lowest BCUT2D eigenvalue weighted by atomic mass is 10.0. The summed E-state index contributed by atoms with van der Waals surface area (Å²) in [5.74, 6) is 0. The normalized spacial score (nSPS) is 31.5. The molecule has 1 aliphatic rings. The number of alkyl halides is 1. The van der Waals surface area contributed by atoms with Crippen molar-refractivity contribution in [2.75, 3.05) is 13.7 Å². The molecule has 0 N–H and O–H groups in total. The van der Waals surface area contributed by atoms with Crippen LogP contribution in [0.2, 0.25) is 0 Å². The van der Waals surface area contributed by atoms with Crippen LogP contribution >= 0.6 is 22.6 Å². The van der Waals surface area contributed by atoms with E-state index in [9.17, 15) is 4.79 Å². The van der Waals surface area contributed by atoms with Gasteiger partial charge in [-0.1, -0.05) is 22.6 Å². The number of nitrogens with zero attached hydrogens (tertiary/aromatic N) is 1. The lowest BCUT2D eigenvalue weighted by molar-refractivity contribution is -0.0608. The van der Waals surface area contributed by atoms with E-state index >= 15 is 0 Å². The van der Waals surface area contributed by atoms with E-state index in [2.05, 4.69) is 22.6 Å². The summed E-state index contributed by atoms with van der Waals surface area (Å²) in [5, 5.41) is 0. The van der Waals surface area contributed by atoms with Crippen molar-refractivity contribution in [1.82, 2.24) is 4.90 Å². The first kappa shape index (κ1) is 13.0. The second-order valence-corrected chi connectivity index (χ2v) is 5.27. The van der Waals surface area contributed by atoms with Crippen molar-refractivity contribution in [3.8, 4) is 0 Å². The third-order valence-corrected chi connectivity index (χ3v) is 3.88. The zero-order valence-electron chi connectivity index (χ0n) is 9.40. The molecule has 1 saturated heterocycles. The third-order valence-electron chi connectivity index (χ3n) is 2.64. The van der Waals surface area contributed by atoms with E-state index in [4.69, 9.17) is 9.47 Å². The van der Waals surface area contributed by atoms with Gasteiger partial charge in [0.15, 0.2) is 0 Å². The van der Waals surface area contributed by atoms with E-state index in [0.717, 1.165) is 12.8 Å². The number of likely N-dealkylation sites (tertiary alicyclic amines) is 1. The van der Waals surface area contributed by atoms with Crippen LogP contribution in [0.25, 0.3) is 0 Å². The van der Waals surface area contributed by atoms with E-state index in [1.54, 1.807) is 12.0 Å². The van der Waals surface area contributed by atoms with Crippen LogP contribution in [-0.2, 0) is 9.47 Å². The fraction of sp³-hybridized carbons (Fsp3) is 0.900. The number of ether oxygens (including phenoxy) is 2. The Morgan fingerprint density at radius 3 is 2.73 bits per heavy atom. The second-order valence-electron chi connectivity index (χ2n) is 3.67. The number of methoxy groups -OCH3 is 1. The molecule has 1 rings (SSSR count). The van der Waals surface area contributed by atoms with Gasteiger partial charge in [0.25, 0.3) is 0 Å². The second kappa shape index (κ2) is 5.89. The lowest BCUT2D eigenvalue weighted by Gasteiger charge is -2.41. The Morgan fingerprint density at radius 2 is 2.20 bits per heavy atom. The molecule has 4 nitrogen and oxygen atoms in total. The van der Waals surface area contributed by atoms with Gasteiger partial charge in [-0.2, -0.15) is 0 Å². The van der Waals surface area contributed by atoms with E-state index in [1.165, 1.54) is 0 Å². The van der Waals surface area contributed by atoms with Gasteiger partial charge in [0.05, 0.1) is 10.5 Å². The highest BCUT2D eigenvalue weighted by Gasteiger charge is 2.37. The van der Waals surface area contributed by atoms with Crippen LogP contribution in [-0.4, -0.2) is 40.9 Å². The molecule has 3 atom stereocenters. The molecule has 15 heavy (non-hydrogen) atoms. The molecule has 0 aliphatic carbocycles. The minimum atomic E-state index is -0.266. The highest BCUT2D eigenvalue weighted by molar-refractivity contribution is 14.1. The summed E-state index contributed by atoms with van der Waals surface area (Å²) in [6, 6.07) is 0.194. The Bertz CT molecular complexity index is 225. The van der Waals surface area contributed by atoms with Gasteiger partial charge in [-0.05, 0) is 26.7 Å². The number of carbonyl (C=O) groups is 1. The molecular formula is C10H18INO3. The van der Waals surface area contributed by atoms with Gasteiger partial charge in [-0.3, -0.25) is 4.90 Å². The predicted molar refractivity (Wildman–Crippen MR) is 66.2 cm³/mol. The number of piperidine rings is 1. The Kier molecular flexibility index (Phi) is 5.11. The van der Waals surface area contributed by atoms with Crippen LogP contribution in [0.3, 0.4) is 0 Å². The largest absolute Gasteiger partial charge is 0.450 e. The Morgan fingerprint density at radius 1 is 1.53 bits per heavy atom. The summed E-state index contributed by atoms with van der Waals surface area (Å²) >= 11 is 2.33. The molecule has 1 fully saturated rings. The molecule has 0 aromatic rings. The van der Waals surface area contributed by atoms with Crippen molar-refractivity contribution in [2.24, 2.45) is 0 Å². The zero-order chi connectivity index (χ0) is 11.4. The SMILES string of the molecule is CCOC(=O)N1C(C)CCC(I)C1OC. The van der Waals surface area contributed by atoms with E-state index in [-0.39, 0.29) is 18.4 Å². The smallest absolute Gasteiger partial charge is 0.412 e. The van der Waals surface area contributed by atoms with Crippen LogP contribution in [0.15, 0.2) is 0 Å². The summed E-state index contributed by atoms with van der Waals surface area (Å²) < 4.78 is 10.7. The molecule has 1 amide bonds. The van der Waals surface area contributed by atoms with Gasteiger partial charge >= 0.3 is 6.09 Å². The molecule has 0 radical (unpaired) electrons. The first-order valence-corrected chi connectivity index (χ1v) is 6.48. The maximum Gasteiger partial charge on any atom is 0.412 e. The minimum absolute atomic E-state index is 0.159. The number of hydrogen-bond donors (Lipinski definition) is 0. The Labute approximate surface area is 104 Å². The van der Waals surface area contributed by atoms with Crippen molar-refractivity contribution in [1.29, 1.82) is 0 Å². The molecule has 0 aromatic carbocycles. The summed E-state index contributed by atoms with van der Waals surface area (Å²) in [6.07, 6.45) is 1.66. The fourth-order valence-electron chi connectivity index (χ4n) is 1.85. The average Bonchev–Trinajstić information content (AvgIpc) is 2.21. The van der Waals surface area contributed by atoms with Crippen molar-refractivity contribution < 1.29 is 14.3 Å². The standard InChI is InChI=1S/C10H18INO3/c1-4-15-10(13)12-7(2)5-6-8(11)9(12)14-3/h7-9H,4-6H2,1-3H3. The Hall–Kier alpha value is -0.0400. The number of carbonyl (C=O) groups excluding carboxylic acids is 1. The van der Waals surface area contributed by atoms with Crippen molar-refractivity contribution in [3.05, 3.63) is 0 Å². The maximum atomic E-state index is 11.7. The topological polar surface area (TPSA) is 38.8 Å². The number of rotatable bonds is 2. The van der Waals surface area contributed by atoms with Crippen LogP contribution in [0.4, 0.5) is 4.79 Å². The van der Waals surface area contributed by atoms with Gasteiger partial charge in [-0.25, -0.2) is 4.79 Å². The van der Waals surface area contributed by atoms with Crippen molar-refractivity contribution in [2.45, 2.75) is 42.9 Å². The van der Waals surface area contributed by atoms with Crippen molar-refractivity contribution >= 4 is 28.7 Å². The molecule has 1 aliphatic heterocycles. The molecule has 0 bridgehead atoms. The summed E-state index contributed by atoms with van der Waals surface area (Å²) in [7, 11) is 1.64. The summed E-state index contributed by atoms with van der Waals surface area (Å²) in [6.45, 7) is 4.26.